The number of halogens is 1. The number of hydrogen-bond acceptors (Lipinski definition) is 4. The van der Waals surface area contributed by atoms with Crippen LogP contribution < -0.4 is 15.1 Å². The molecule has 0 bridgehead atoms. The van der Waals surface area contributed by atoms with Gasteiger partial charge in [-0.1, -0.05) is 30.8 Å². The Morgan fingerprint density at radius 3 is 2.64 bits per heavy atom. The lowest BCUT2D eigenvalue weighted by atomic mass is 10.0. The van der Waals surface area contributed by atoms with E-state index in [4.69, 9.17) is 0 Å². The van der Waals surface area contributed by atoms with Crippen molar-refractivity contribution in [1.29, 1.82) is 0 Å². The topological polar surface area (TPSA) is 69.9 Å². The van der Waals surface area contributed by atoms with E-state index in [9.17, 15) is 14.0 Å². The molecule has 2 aromatic carbocycles. The van der Waals surface area contributed by atoms with Crippen LogP contribution in [0.2, 0.25) is 0 Å². The molecule has 0 spiro atoms. The summed E-state index contributed by atoms with van der Waals surface area (Å²) in [6.45, 7) is 1.78. The summed E-state index contributed by atoms with van der Waals surface area (Å²) in [6.07, 6.45) is 1.40. The molecular formula is C20H18FN4O2S+. The standard InChI is InChI=1S/C20H17FN4O2S/c1-3-16(26)24-15-7-5-4-6-14(15)17-18(27)22-20(28-2)23-25(17)19(24)12-8-10-13(21)11-9-12/h4-11,19H,3H2,1-2H3/p+1/t19-/m1/s1. The predicted octanol–water partition coefficient (Wildman–Crippen LogP) is 2.89. The number of anilines is 1. The second kappa shape index (κ2) is 7.20. The van der Waals surface area contributed by atoms with E-state index in [1.165, 1.54) is 23.9 Å². The minimum atomic E-state index is -0.689. The molecule has 1 atom stereocenters. The van der Waals surface area contributed by atoms with Gasteiger partial charge in [0.2, 0.25) is 11.1 Å². The minimum Gasteiger partial charge on any atom is -0.291 e. The molecule has 1 amide bonds. The third kappa shape index (κ3) is 2.90. The zero-order valence-electron chi connectivity index (χ0n) is 15.3. The SMILES string of the molecule is CCC(=O)N1c2ccccc2-c2c(=O)[nH]c(SC)n[n+]2[C@@H]1c1ccc(F)cc1. The molecule has 0 aliphatic carbocycles. The molecule has 1 aromatic heterocycles. The van der Waals surface area contributed by atoms with Crippen molar-refractivity contribution >= 4 is 23.4 Å². The van der Waals surface area contributed by atoms with Crippen molar-refractivity contribution < 1.29 is 13.9 Å². The molecule has 2 heterocycles. The van der Waals surface area contributed by atoms with Crippen LogP contribution in [0.3, 0.4) is 0 Å². The highest BCUT2D eigenvalue weighted by molar-refractivity contribution is 7.98. The van der Waals surface area contributed by atoms with E-state index in [2.05, 4.69) is 10.1 Å². The minimum absolute atomic E-state index is 0.118. The van der Waals surface area contributed by atoms with E-state index in [-0.39, 0.29) is 23.7 Å². The van der Waals surface area contributed by atoms with E-state index < -0.39 is 6.17 Å². The van der Waals surface area contributed by atoms with E-state index in [1.54, 1.807) is 34.7 Å². The zero-order chi connectivity index (χ0) is 19.8. The summed E-state index contributed by atoms with van der Waals surface area (Å²) in [5.74, 6) is -0.491. The second-order valence-electron chi connectivity index (χ2n) is 6.32. The van der Waals surface area contributed by atoms with Gasteiger partial charge < -0.3 is 0 Å². The summed E-state index contributed by atoms with van der Waals surface area (Å²) >= 11 is 1.30. The van der Waals surface area contributed by atoms with Gasteiger partial charge in [-0.3, -0.25) is 14.6 Å². The molecule has 1 aliphatic rings. The molecule has 0 saturated carbocycles. The normalized spacial score (nSPS) is 15.1. The Morgan fingerprint density at radius 2 is 1.96 bits per heavy atom. The van der Waals surface area contributed by atoms with Crippen LogP contribution in [0.15, 0.2) is 58.5 Å². The van der Waals surface area contributed by atoms with Crippen LogP contribution in [0.5, 0.6) is 0 Å². The highest BCUT2D eigenvalue weighted by Gasteiger charge is 2.45. The largest absolute Gasteiger partial charge is 0.325 e. The molecule has 0 unspecified atom stereocenters. The molecule has 0 saturated heterocycles. The van der Waals surface area contributed by atoms with Crippen LogP contribution in [0, 0.1) is 5.82 Å². The van der Waals surface area contributed by atoms with Gasteiger partial charge in [0.05, 0.1) is 11.3 Å². The lowest BCUT2D eigenvalue weighted by Gasteiger charge is -2.31. The first-order chi connectivity index (χ1) is 13.5. The third-order valence-corrected chi connectivity index (χ3v) is 5.26. The molecule has 3 aromatic rings. The summed E-state index contributed by atoms with van der Waals surface area (Å²) in [6, 6.07) is 13.2. The third-order valence-electron chi connectivity index (χ3n) is 4.69. The van der Waals surface area contributed by atoms with Gasteiger partial charge in [-0.2, -0.15) is 0 Å². The number of aromatic nitrogens is 3. The van der Waals surface area contributed by atoms with Crippen LogP contribution in [0.4, 0.5) is 10.1 Å². The van der Waals surface area contributed by atoms with Crippen LogP contribution in [-0.2, 0) is 4.79 Å². The second-order valence-corrected chi connectivity index (χ2v) is 7.11. The van der Waals surface area contributed by atoms with Crippen molar-refractivity contribution in [2.24, 2.45) is 0 Å². The van der Waals surface area contributed by atoms with E-state index in [0.717, 1.165) is 0 Å². The van der Waals surface area contributed by atoms with Crippen molar-refractivity contribution in [3.05, 3.63) is 70.3 Å². The number of amides is 1. The molecule has 0 radical (unpaired) electrons. The first-order valence-electron chi connectivity index (χ1n) is 8.82. The molecule has 142 valence electrons. The lowest BCUT2D eigenvalue weighted by molar-refractivity contribution is -0.763. The Bertz CT molecular complexity index is 1110. The van der Waals surface area contributed by atoms with Gasteiger partial charge in [-0.25, -0.2) is 9.29 Å². The molecular weight excluding hydrogens is 379 g/mol. The Hall–Kier alpha value is -3.00. The monoisotopic (exact) mass is 397 g/mol. The summed E-state index contributed by atoms with van der Waals surface area (Å²) < 4.78 is 15.1. The highest BCUT2D eigenvalue weighted by atomic mass is 32.2. The smallest absolute Gasteiger partial charge is 0.291 e. The van der Waals surface area contributed by atoms with Gasteiger partial charge >= 0.3 is 11.3 Å². The Morgan fingerprint density at radius 1 is 1.25 bits per heavy atom. The fourth-order valence-electron chi connectivity index (χ4n) is 3.44. The molecule has 1 N–H and O–H groups in total. The summed E-state index contributed by atoms with van der Waals surface area (Å²) in [5, 5.41) is 5.01. The maximum atomic E-state index is 13.5. The molecule has 6 nitrogen and oxygen atoms in total. The van der Waals surface area contributed by atoms with Crippen molar-refractivity contribution in [3.63, 3.8) is 0 Å². The van der Waals surface area contributed by atoms with Crippen LogP contribution in [0.1, 0.15) is 25.1 Å². The van der Waals surface area contributed by atoms with Gasteiger partial charge in [0.1, 0.15) is 5.82 Å². The number of rotatable bonds is 3. The number of thioether (sulfide) groups is 1. The van der Waals surface area contributed by atoms with Crippen molar-refractivity contribution in [2.75, 3.05) is 11.2 Å². The molecule has 28 heavy (non-hydrogen) atoms. The summed E-state index contributed by atoms with van der Waals surface area (Å²) in [7, 11) is 0. The van der Waals surface area contributed by atoms with Crippen LogP contribution >= 0.6 is 11.8 Å². The van der Waals surface area contributed by atoms with Gasteiger partial charge in [-0.15, -0.1) is 0 Å². The van der Waals surface area contributed by atoms with Gasteiger partial charge in [0, 0.05) is 17.1 Å². The van der Waals surface area contributed by atoms with Gasteiger partial charge in [0.15, 0.2) is 0 Å². The number of para-hydroxylation sites is 1. The Balaban J connectivity index is 2.08. The van der Waals surface area contributed by atoms with Crippen molar-refractivity contribution in [2.45, 2.75) is 24.7 Å². The summed E-state index contributed by atoms with van der Waals surface area (Å²) in [4.78, 5) is 30.2. The number of benzene rings is 2. The maximum absolute atomic E-state index is 13.5. The number of carbonyl (C=O) groups is 1. The first-order valence-corrected chi connectivity index (χ1v) is 10.0. The fraction of sp³-hybridized carbons (Fsp3) is 0.200. The van der Waals surface area contributed by atoms with E-state index in [0.29, 0.717) is 27.7 Å². The number of hydrogen-bond donors (Lipinski definition) is 1. The maximum Gasteiger partial charge on any atom is 0.325 e. The first kappa shape index (κ1) is 18.4. The van der Waals surface area contributed by atoms with Gasteiger partial charge in [-0.05, 0) is 47.3 Å². The number of H-pyrrole nitrogens is 1. The fourth-order valence-corrected chi connectivity index (χ4v) is 3.80. The molecule has 8 heteroatoms. The number of nitrogens with one attached hydrogen (secondary N) is 1. The number of aromatic amines is 1. The molecule has 1 aliphatic heterocycles. The van der Waals surface area contributed by atoms with E-state index >= 15 is 0 Å². The summed E-state index contributed by atoms with van der Waals surface area (Å²) in [5.41, 5.74) is 2.00. The quantitative estimate of drug-likeness (QED) is 0.545. The van der Waals surface area contributed by atoms with Crippen molar-refractivity contribution in [3.8, 4) is 11.3 Å². The predicted molar refractivity (Wildman–Crippen MR) is 105 cm³/mol. The zero-order valence-corrected chi connectivity index (χ0v) is 16.2. The average Bonchev–Trinajstić information content (AvgIpc) is 2.72. The van der Waals surface area contributed by atoms with Crippen LogP contribution in [-0.4, -0.2) is 22.2 Å². The van der Waals surface area contributed by atoms with E-state index in [1.807, 2.05) is 24.5 Å². The number of fused-ring (bicyclic) bond motifs is 3. The average molecular weight is 397 g/mol. The van der Waals surface area contributed by atoms with Crippen molar-refractivity contribution in [1.82, 2.24) is 10.1 Å². The highest BCUT2D eigenvalue weighted by Crippen LogP contribution is 2.37. The molecule has 0 fully saturated rings. The number of carbonyl (C=O) groups excluding carboxylic acids is 1. The Labute approximate surface area is 165 Å². The van der Waals surface area contributed by atoms with Crippen LogP contribution in [0.25, 0.3) is 11.3 Å². The van der Waals surface area contributed by atoms with Gasteiger partial charge in [0.25, 0.3) is 6.17 Å². The molecule has 4 rings (SSSR count). The lowest BCUT2D eigenvalue weighted by Crippen LogP contribution is -2.60. The Kier molecular flexibility index (Phi) is 4.72. The number of nitrogens with zero attached hydrogens (tertiary/aromatic N) is 3.